The average Bonchev–Trinajstić information content (AvgIpc) is 3.34. The number of ketones is 1. The number of hydrogen-bond acceptors (Lipinski definition) is 5. The third-order valence-electron chi connectivity index (χ3n) is 7.38. The van der Waals surface area contributed by atoms with Gasteiger partial charge in [-0.3, -0.25) is 19.3 Å². The topological polar surface area (TPSA) is 96.7 Å². The molecule has 1 saturated carbocycles. The van der Waals surface area contributed by atoms with E-state index in [0.29, 0.717) is 37.0 Å². The molecular weight excluding hydrogens is 619 g/mol. The van der Waals surface area contributed by atoms with E-state index in [1.54, 1.807) is 6.07 Å². The smallest absolute Gasteiger partial charge is 0.271 e. The lowest BCUT2D eigenvalue weighted by molar-refractivity contribution is -0.122. The first-order valence-electron chi connectivity index (χ1n) is 12.5. The first kappa shape index (κ1) is 25.5. The molecule has 1 unspecified atom stereocenters. The van der Waals surface area contributed by atoms with Gasteiger partial charge < -0.3 is 9.72 Å². The van der Waals surface area contributed by atoms with Crippen molar-refractivity contribution in [2.75, 3.05) is 4.90 Å². The lowest BCUT2D eigenvalue weighted by atomic mass is 9.73. The van der Waals surface area contributed by atoms with Crippen molar-refractivity contribution in [2.45, 2.75) is 31.7 Å². The lowest BCUT2D eigenvalue weighted by Crippen LogP contribution is -2.48. The van der Waals surface area contributed by atoms with Gasteiger partial charge in [0.1, 0.15) is 28.8 Å². The summed E-state index contributed by atoms with van der Waals surface area (Å²) < 4.78 is 29.9. The molecule has 2 aliphatic rings. The van der Waals surface area contributed by atoms with Crippen LogP contribution in [0.25, 0.3) is 5.65 Å². The number of amides is 2. The Kier molecular flexibility index (Phi) is 6.61. The number of pyridine rings is 2. The Morgan fingerprint density at radius 3 is 2.54 bits per heavy atom. The number of carbonyl (C=O) groups is 3. The van der Waals surface area contributed by atoms with Gasteiger partial charge in [0.25, 0.3) is 5.91 Å². The maximum absolute atomic E-state index is 14.1. The highest BCUT2D eigenvalue weighted by Gasteiger charge is 2.46. The second kappa shape index (κ2) is 10.1. The molecule has 0 spiro atoms. The minimum absolute atomic E-state index is 0.0443. The molecule has 1 aromatic carbocycles. The summed E-state index contributed by atoms with van der Waals surface area (Å²) >= 11 is 2.15. The quantitative estimate of drug-likeness (QED) is 0.191. The van der Waals surface area contributed by atoms with Crippen molar-refractivity contribution < 1.29 is 23.2 Å². The van der Waals surface area contributed by atoms with Crippen LogP contribution in [0.5, 0.6) is 0 Å². The molecule has 1 fully saturated rings. The monoisotopic (exact) mass is 641 g/mol. The summed E-state index contributed by atoms with van der Waals surface area (Å²) in [7, 11) is 0. The fraction of sp³-hybridized carbons (Fsp3) is 0.250. The number of anilines is 2. The Hall–Kier alpha value is -3.74. The van der Waals surface area contributed by atoms with Crippen LogP contribution in [0.1, 0.15) is 46.7 Å². The molecule has 1 N–H and O–H groups in total. The first-order valence-corrected chi connectivity index (χ1v) is 13.6. The highest BCUT2D eigenvalue weighted by molar-refractivity contribution is 14.1. The largest absolute Gasteiger partial charge is 0.348 e. The zero-order valence-electron chi connectivity index (χ0n) is 20.5. The third kappa shape index (κ3) is 4.79. The zero-order valence-corrected chi connectivity index (χ0v) is 22.6. The number of carbonyl (C=O) groups excluding carboxylic acids is 3. The van der Waals surface area contributed by atoms with Gasteiger partial charge in [0, 0.05) is 22.0 Å². The fourth-order valence-electron chi connectivity index (χ4n) is 5.53. The van der Waals surface area contributed by atoms with Gasteiger partial charge >= 0.3 is 0 Å². The molecule has 198 valence electrons. The standard InChI is InChI=1S/C28H22F2IN5O3/c29-16-6-11-23-33-20(14-35(23)13-16)27(38)32-18-7-4-15(5-8-18)24-26(37)25-21(9-10-22(30)34-25)36(28(24)39)19-3-1-2-17(31)12-19/h1-3,6,9-15,18,24H,4-5,7-8H2,(H,32,38). The summed E-state index contributed by atoms with van der Waals surface area (Å²) in [5.74, 6) is -3.68. The van der Waals surface area contributed by atoms with Crippen molar-refractivity contribution >= 4 is 57.2 Å². The second-order valence-electron chi connectivity index (χ2n) is 9.82. The number of aromatic nitrogens is 3. The number of nitrogens with one attached hydrogen (secondary N) is 1. The number of hydrogen-bond donors (Lipinski definition) is 1. The van der Waals surface area contributed by atoms with Gasteiger partial charge in [0.2, 0.25) is 11.9 Å². The van der Waals surface area contributed by atoms with Gasteiger partial charge in [0.15, 0.2) is 5.78 Å². The lowest BCUT2D eigenvalue weighted by Gasteiger charge is -2.38. The van der Waals surface area contributed by atoms with Crippen LogP contribution in [0.4, 0.5) is 20.2 Å². The SMILES string of the molecule is O=C(NC1CCC(C2C(=O)c3nc(F)ccc3N(c3cccc(I)c3)C2=O)CC1)c1cn2cc(F)ccc2n1. The molecule has 1 atom stereocenters. The molecule has 0 bridgehead atoms. The van der Waals surface area contributed by atoms with Crippen molar-refractivity contribution in [1.82, 2.24) is 19.7 Å². The Morgan fingerprint density at radius 2 is 1.77 bits per heavy atom. The van der Waals surface area contributed by atoms with Crippen molar-refractivity contribution in [3.8, 4) is 0 Å². The van der Waals surface area contributed by atoms with E-state index in [1.807, 2.05) is 18.2 Å². The second-order valence-corrected chi connectivity index (χ2v) is 11.1. The number of halogens is 3. The van der Waals surface area contributed by atoms with E-state index in [-0.39, 0.29) is 40.8 Å². The summed E-state index contributed by atoms with van der Waals surface area (Å²) in [6, 6.07) is 12.5. The number of imidazole rings is 1. The molecule has 39 heavy (non-hydrogen) atoms. The van der Waals surface area contributed by atoms with Gasteiger partial charge in [-0.25, -0.2) is 14.4 Å². The maximum Gasteiger partial charge on any atom is 0.271 e. The van der Waals surface area contributed by atoms with Gasteiger partial charge in [0.05, 0.1) is 11.4 Å². The van der Waals surface area contributed by atoms with Crippen molar-refractivity contribution in [1.29, 1.82) is 0 Å². The predicted molar refractivity (Wildman–Crippen MR) is 147 cm³/mol. The summed E-state index contributed by atoms with van der Waals surface area (Å²) in [5, 5.41) is 2.97. The molecule has 6 rings (SSSR count). The van der Waals surface area contributed by atoms with E-state index in [1.165, 1.54) is 39.9 Å². The zero-order chi connectivity index (χ0) is 27.3. The number of fused-ring (bicyclic) bond motifs is 2. The number of rotatable bonds is 4. The molecule has 8 nitrogen and oxygen atoms in total. The number of nitrogens with zero attached hydrogens (tertiary/aromatic N) is 4. The Labute approximate surface area is 235 Å². The van der Waals surface area contributed by atoms with Crippen LogP contribution in [0.3, 0.4) is 0 Å². The minimum Gasteiger partial charge on any atom is -0.348 e. The molecule has 0 saturated heterocycles. The number of benzene rings is 1. The molecule has 4 heterocycles. The predicted octanol–water partition coefficient (Wildman–Crippen LogP) is 5.08. The van der Waals surface area contributed by atoms with Crippen LogP contribution >= 0.6 is 22.6 Å². The van der Waals surface area contributed by atoms with Crippen LogP contribution in [0, 0.1) is 27.2 Å². The summed E-state index contributed by atoms with van der Waals surface area (Å²) in [4.78, 5) is 49.7. The Balaban J connectivity index is 1.20. The molecule has 1 aliphatic carbocycles. The number of Topliss-reactive ketones (excluding diaryl/α,β-unsaturated/α-hetero) is 1. The summed E-state index contributed by atoms with van der Waals surface area (Å²) in [5.41, 5.74) is 1.46. The van der Waals surface area contributed by atoms with Crippen molar-refractivity contribution in [3.63, 3.8) is 0 Å². The van der Waals surface area contributed by atoms with Crippen LogP contribution in [0.15, 0.2) is 60.9 Å². The molecular formula is C28H22F2IN5O3. The minimum atomic E-state index is -0.991. The first-order chi connectivity index (χ1) is 18.8. The highest BCUT2D eigenvalue weighted by Crippen LogP contribution is 2.42. The van der Waals surface area contributed by atoms with Gasteiger partial charge in [-0.1, -0.05) is 6.07 Å². The highest BCUT2D eigenvalue weighted by atomic mass is 127. The van der Waals surface area contributed by atoms with Crippen LogP contribution in [-0.2, 0) is 4.79 Å². The maximum atomic E-state index is 14.1. The van der Waals surface area contributed by atoms with Crippen molar-refractivity contribution in [2.24, 2.45) is 11.8 Å². The Bertz CT molecular complexity index is 1630. The van der Waals surface area contributed by atoms with Gasteiger partial charge in [-0.15, -0.1) is 0 Å². The third-order valence-corrected chi connectivity index (χ3v) is 8.05. The van der Waals surface area contributed by atoms with E-state index in [0.717, 1.165) is 9.64 Å². The van der Waals surface area contributed by atoms with Gasteiger partial charge in [-0.05, 0) is 96.7 Å². The average molecular weight is 641 g/mol. The van der Waals surface area contributed by atoms with Crippen LogP contribution in [-0.4, -0.2) is 38.0 Å². The molecule has 4 aromatic rings. The van der Waals surface area contributed by atoms with E-state index in [9.17, 15) is 23.2 Å². The fourth-order valence-corrected chi connectivity index (χ4v) is 6.06. The van der Waals surface area contributed by atoms with E-state index in [4.69, 9.17) is 0 Å². The van der Waals surface area contributed by atoms with E-state index < -0.39 is 23.5 Å². The molecule has 0 radical (unpaired) electrons. The molecule has 1 aliphatic heterocycles. The summed E-state index contributed by atoms with van der Waals surface area (Å²) in [6.07, 6.45) is 4.88. The van der Waals surface area contributed by atoms with Gasteiger partial charge in [-0.2, -0.15) is 4.39 Å². The van der Waals surface area contributed by atoms with E-state index >= 15 is 0 Å². The van der Waals surface area contributed by atoms with E-state index in [2.05, 4.69) is 37.9 Å². The van der Waals surface area contributed by atoms with Crippen LogP contribution < -0.4 is 10.2 Å². The molecule has 2 amide bonds. The normalized spacial score (nSPS) is 21.2. The molecule has 3 aromatic heterocycles. The van der Waals surface area contributed by atoms with Crippen LogP contribution in [0.2, 0.25) is 0 Å². The molecule has 11 heteroatoms. The van der Waals surface area contributed by atoms with Crippen molar-refractivity contribution in [3.05, 3.63) is 87.6 Å². The summed E-state index contributed by atoms with van der Waals surface area (Å²) in [6.45, 7) is 0. The Morgan fingerprint density at radius 1 is 0.974 bits per heavy atom.